The van der Waals surface area contributed by atoms with E-state index in [9.17, 15) is 18.0 Å². The van der Waals surface area contributed by atoms with Crippen molar-refractivity contribution in [2.24, 2.45) is 0 Å². The second-order valence-corrected chi connectivity index (χ2v) is 9.55. The predicted molar refractivity (Wildman–Crippen MR) is 124 cm³/mol. The van der Waals surface area contributed by atoms with Gasteiger partial charge in [0.15, 0.2) is 0 Å². The van der Waals surface area contributed by atoms with Crippen LogP contribution in [0.4, 0.5) is 11.6 Å². The molecule has 0 aliphatic rings. The van der Waals surface area contributed by atoms with Crippen molar-refractivity contribution in [2.45, 2.75) is 17.7 Å². The normalized spacial score (nSPS) is 11.3. The first-order valence-corrected chi connectivity index (χ1v) is 12.0. The van der Waals surface area contributed by atoms with Gasteiger partial charge in [0.1, 0.15) is 4.21 Å². The third-order valence-corrected chi connectivity index (χ3v) is 7.40. The SMILES string of the molecule is CCn1c(NNC(=O)c2ccc(NS(=O)(=O)c3cccs3)cc2)nc2ccccc2c1=O. The van der Waals surface area contributed by atoms with Crippen LogP contribution in [0.3, 0.4) is 0 Å². The number of para-hydroxylation sites is 1. The fourth-order valence-corrected chi connectivity index (χ4v) is 5.10. The topological polar surface area (TPSA) is 122 Å². The third kappa shape index (κ3) is 4.34. The van der Waals surface area contributed by atoms with Gasteiger partial charge in [-0.1, -0.05) is 18.2 Å². The average Bonchev–Trinajstić information content (AvgIpc) is 3.34. The number of amides is 1. The summed E-state index contributed by atoms with van der Waals surface area (Å²) in [6.07, 6.45) is 0. The van der Waals surface area contributed by atoms with Crippen molar-refractivity contribution in [2.75, 3.05) is 10.1 Å². The smallest absolute Gasteiger partial charge is 0.271 e. The molecule has 11 heteroatoms. The molecule has 4 aromatic rings. The molecule has 0 spiro atoms. The number of fused-ring (bicyclic) bond motifs is 1. The molecule has 9 nitrogen and oxygen atoms in total. The predicted octanol–water partition coefficient (Wildman–Crippen LogP) is 3.04. The van der Waals surface area contributed by atoms with Crippen LogP contribution in [0.5, 0.6) is 0 Å². The maximum Gasteiger partial charge on any atom is 0.271 e. The molecular formula is C21H19N5O4S2. The standard InChI is InChI=1S/C21H19N5O4S2/c1-2-26-20(28)16-6-3-4-7-17(16)22-21(26)24-23-19(27)14-9-11-15(12-10-14)25-32(29,30)18-8-5-13-31-18/h3-13,25H,2H2,1H3,(H,22,24)(H,23,27). The molecule has 164 valence electrons. The van der Waals surface area contributed by atoms with E-state index in [1.54, 1.807) is 42.6 Å². The van der Waals surface area contributed by atoms with Crippen molar-refractivity contribution in [3.05, 3.63) is 82.0 Å². The summed E-state index contributed by atoms with van der Waals surface area (Å²) in [6.45, 7) is 2.18. The molecule has 0 unspecified atom stereocenters. The van der Waals surface area contributed by atoms with E-state index in [1.165, 1.54) is 34.9 Å². The lowest BCUT2D eigenvalue weighted by Crippen LogP contribution is -2.34. The molecule has 2 heterocycles. The zero-order chi connectivity index (χ0) is 22.7. The van der Waals surface area contributed by atoms with E-state index in [0.29, 0.717) is 28.7 Å². The molecule has 0 aliphatic carbocycles. The fraction of sp³-hybridized carbons (Fsp3) is 0.0952. The maximum atomic E-state index is 12.6. The van der Waals surface area contributed by atoms with Crippen LogP contribution in [0.15, 0.2) is 75.0 Å². The van der Waals surface area contributed by atoms with Crippen LogP contribution in [-0.4, -0.2) is 23.9 Å². The number of hydrogen-bond acceptors (Lipinski definition) is 7. The Morgan fingerprint density at radius 2 is 1.81 bits per heavy atom. The maximum absolute atomic E-state index is 12.6. The molecule has 2 aromatic heterocycles. The van der Waals surface area contributed by atoms with E-state index in [0.717, 1.165) is 11.3 Å². The lowest BCUT2D eigenvalue weighted by molar-refractivity contribution is 0.0962. The van der Waals surface area contributed by atoms with E-state index < -0.39 is 15.9 Å². The van der Waals surface area contributed by atoms with E-state index in [1.807, 2.05) is 0 Å². The highest BCUT2D eigenvalue weighted by Crippen LogP contribution is 2.20. The van der Waals surface area contributed by atoms with Gasteiger partial charge in [-0.3, -0.25) is 29.7 Å². The molecule has 0 atom stereocenters. The zero-order valence-corrected chi connectivity index (χ0v) is 18.5. The van der Waals surface area contributed by atoms with E-state index >= 15 is 0 Å². The molecule has 0 radical (unpaired) electrons. The van der Waals surface area contributed by atoms with Gasteiger partial charge < -0.3 is 0 Å². The number of sulfonamides is 1. The molecule has 3 N–H and O–H groups in total. The van der Waals surface area contributed by atoms with Gasteiger partial charge in [-0.05, 0) is 54.8 Å². The number of hydrazine groups is 1. The number of nitrogens with one attached hydrogen (secondary N) is 3. The first-order valence-electron chi connectivity index (χ1n) is 9.61. The molecule has 0 aliphatic heterocycles. The number of thiophene rings is 1. The van der Waals surface area contributed by atoms with Gasteiger partial charge in [-0.2, -0.15) is 0 Å². The minimum absolute atomic E-state index is 0.202. The molecule has 0 saturated carbocycles. The van der Waals surface area contributed by atoms with Gasteiger partial charge in [0.05, 0.1) is 10.9 Å². The van der Waals surface area contributed by atoms with Crippen LogP contribution in [0, 0.1) is 0 Å². The number of anilines is 2. The molecule has 4 rings (SSSR count). The Morgan fingerprint density at radius 3 is 2.50 bits per heavy atom. The van der Waals surface area contributed by atoms with Crippen molar-refractivity contribution < 1.29 is 13.2 Å². The van der Waals surface area contributed by atoms with Crippen LogP contribution in [-0.2, 0) is 16.6 Å². The summed E-state index contributed by atoms with van der Waals surface area (Å²) < 4.78 is 28.7. The van der Waals surface area contributed by atoms with Gasteiger partial charge in [0.2, 0.25) is 5.95 Å². The second kappa shape index (κ2) is 8.81. The van der Waals surface area contributed by atoms with E-state index in [2.05, 4.69) is 20.6 Å². The molecule has 0 saturated heterocycles. The summed E-state index contributed by atoms with van der Waals surface area (Å²) >= 11 is 1.11. The number of rotatable bonds is 7. The van der Waals surface area contributed by atoms with Crippen LogP contribution in [0.1, 0.15) is 17.3 Å². The minimum atomic E-state index is -3.66. The molecule has 0 fully saturated rings. The number of hydrogen-bond donors (Lipinski definition) is 3. The highest BCUT2D eigenvalue weighted by molar-refractivity contribution is 7.94. The Balaban J connectivity index is 1.48. The zero-order valence-electron chi connectivity index (χ0n) is 16.9. The van der Waals surface area contributed by atoms with Crippen LogP contribution in [0.2, 0.25) is 0 Å². The number of nitrogens with zero attached hydrogens (tertiary/aromatic N) is 2. The molecule has 1 amide bonds. The van der Waals surface area contributed by atoms with E-state index in [4.69, 9.17) is 0 Å². The summed E-state index contributed by atoms with van der Waals surface area (Å²) in [5, 5.41) is 2.17. The quantitative estimate of drug-likeness (QED) is 0.358. The van der Waals surface area contributed by atoms with Crippen molar-refractivity contribution in [3.8, 4) is 0 Å². The Kier molecular flexibility index (Phi) is 5.93. The molecular weight excluding hydrogens is 450 g/mol. The Morgan fingerprint density at radius 1 is 1.06 bits per heavy atom. The first kappa shape index (κ1) is 21.5. The van der Waals surface area contributed by atoms with Crippen LogP contribution in [0.25, 0.3) is 10.9 Å². The number of benzene rings is 2. The summed E-state index contributed by atoms with van der Waals surface area (Å²) in [4.78, 5) is 29.6. The van der Waals surface area contributed by atoms with Crippen molar-refractivity contribution in [1.29, 1.82) is 0 Å². The Bertz CT molecular complexity index is 1430. The van der Waals surface area contributed by atoms with Gasteiger partial charge in [0.25, 0.3) is 21.5 Å². The summed E-state index contributed by atoms with van der Waals surface area (Å²) in [7, 11) is -3.66. The van der Waals surface area contributed by atoms with Crippen molar-refractivity contribution in [1.82, 2.24) is 15.0 Å². The highest BCUT2D eigenvalue weighted by Gasteiger charge is 2.16. The summed E-state index contributed by atoms with van der Waals surface area (Å²) in [5.74, 6) is -0.257. The monoisotopic (exact) mass is 469 g/mol. The van der Waals surface area contributed by atoms with Gasteiger partial charge in [0, 0.05) is 17.8 Å². The van der Waals surface area contributed by atoms with Crippen molar-refractivity contribution in [3.63, 3.8) is 0 Å². The van der Waals surface area contributed by atoms with Crippen LogP contribution < -0.4 is 21.1 Å². The molecule has 32 heavy (non-hydrogen) atoms. The van der Waals surface area contributed by atoms with Crippen molar-refractivity contribution >= 4 is 49.8 Å². The number of carbonyl (C=O) groups is 1. The largest absolute Gasteiger partial charge is 0.279 e. The molecule has 2 aromatic carbocycles. The summed E-state index contributed by atoms with van der Waals surface area (Å²) in [6, 6.07) is 16.1. The first-order chi connectivity index (χ1) is 15.4. The summed E-state index contributed by atoms with van der Waals surface area (Å²) in [5.41, 5.74) is 6.16. The van der Waals surface area contributed by atoms with Gasteiger partial charge in [-0.25, -0.2) is 13.4 Å². The minimum Gasteiger partial charge on any atom is -0.279 e. The van der Waals surface area contributed by atoms with Gasteiger partial charge in [-0.15, -0.1) is 11.3 Å². The molecule has 0 bridgehead atoms. The number of aromatic nitrogens is 2. The van der Waals surface area contributed by atoms with Gasteiger partial charge >= 0.3 is 0 Å². The Labute approximate surface area is 187 Å². The number of carbonyl (C=O) groups excluding carboxylic acids is 1. The average molecular weight is 470 g/mol. The second-order valence-electron chi connectivity index (χ2n) is 6.70. The third-order valence-electron chi connectivity index (χ3n) is 4.62. The fourth-order valence-electron chi connectivity index (χ4n) is 3.05. The highest BCUT2D eigenvalue weighted by atomic mass is 32.2. The van der Waals surface area contributed by atoms with E-state index in [-0.39, 0.29) is 15.7 Å². The van der Waals surface area contributed by atoms with Crippen LogP contribution >= 0.6 is 11.3 Å². The Hall–Kier alpha value is -3.70. The lowest BCUT2D eigenvalue weighted by Gasteiger charge is -2.14. The lowest BCUT2D eigenvalue weighted by atomic mass is 10.2.